The molecule has 0 saturated carbocycles. The Balaban J connectivity index is 1.58. The van der Waals surface area contributed by atoms with Gasteiger partial charge in [0.15, 0.2) is 5.69 Å². The van der Waals surface area contributed by atoms with Gasteiger partial charge in [-0.05, 0) is 40.3 Å². The molecule has 0 atom stereocenters. The lowest BCUT2D eigenvalue weighted by Gasteiger charge is -2.34. The lowest BCUT2D eigenvalue weighted by Crippen LogP contribution is -2.48. The number of carbonyl (C=O) groups is 1. The van der Waals surface area contributed by atoms with Crippen molar-refractivity contribution in [3.63, 3.8) is 0 Å². The smallest absolute Gasteiger partial charge is 0.275 e. The monoisotopic (exact) mass is 478 g/mol. The lowest BCUT2D eigenvalue weighted by atomic mass is 10.2. The van der Waals surface area contributed by atoms with Crippen molar-refractivity contribution in [1.29, 1.82) is 0 Å². The minimum Gasteiger partial charge on any atom is -0.335 e. The van der Waals surface area contributed by atoms with E-state index in [1.165, 1.54) is 0 Å². The van der Waals surface area contributed by atoms with Gasteiger partial charge in [0.1, 0.15) is 0 Å². The molecule has 24 heavy (non-hydrogen) atoms. The number of nitrogens with zero attached hydrogens (tertiary/aromatic N) is 4. The number of hydrogen-bond acceptors (Lipinski definition) is 3. The predicted molar refractivity (Wildman–Crippen MR) is 104 cm³/mol. The number of aromatic nitrogens is 2. The van der Waals surface area contributed by atoms with E-state index in [-0.39, 0.29) is 5.91 Å². The van der Waals surface area contributed by atoms with Crippen molar-refractivity contribution in [3.8, 4) is 0 Å². The molecule has 8 heteroatoms. The van der Waals surface area contributed by atoms with Gasteiger partial charge in [0.2, 0.25) is 0 Å². The molecule has 1 aromatic carbocycles. The van der Waals surface area contributed by atoms with Gasteiger partial charge in [0.05, 0.1) is 13.6 Å². The molecule has 0 aliphatic carbocycles. The maximum atomic E-state index is 12.6. The first-order chi connectivity index (χ1) is 11.4. The van der Waals surface area contributed by atoms with Gasteiger partial charge in [-0.15, -0.1) is 0 Å². The summed E-state index contributed by atoms with van der Waals surface area (Å²) in [4.78, 5) is 16.8. The molecule has 128 valence electrons. The average molecular weight is 479 g/mol. The van der Waals surface area contributed by atoms with Crippen molar-refractivity contribution in [1.82, 2.24) is 19.6 Å². The first kappa shape index (κ1) is 18.0. The number of carbonyl (C=O) groups excluding carboxylic acids is 1. The van der Waals surface area contributed by atoms with Crippen LogP contribution < -0.4 is 0 Å². The molecule has 1 fully saturated rings. The molecule has 2 aromatic rings. The van der Waals surface area contributed by atoms with E-state index in [4.69, 9.17) is 23.2 Å². The van der Waals surface area contributed by atoms with Crippen LogP contribution in [-0.4, -0.2) is 51.7 Å². The Hall–Kier alpha value is -0.830. The minimum absolute atomic E-state index is 0.00851. The quantitative estimate of drug-likeness (QED) is 0.635. The number of halogens is 3. The summed E-state index contributed by atoms with van der Waals surface area (Å²) >= 11 is 14.2. The number of aryl methyl sites for hydroxylation is 1. The molecule has 1 aliphatic rings. The van der Waals surface area contributed by atoms with Crippen LogP contribution in [0.25, 0.3) is 0 Å². The Labute approximate surface area is 164 Å². The highest BCUT2D eigenvalue weighted by Crippen LogP contribution is 2.23. The fourth-order valence-electron chi connectivity index (χ4n) is 2.76. The van der Waals surface area contributed by atoms with E-state index in [9.17, 15) is 4.79 Å². The summed E-state index contributed by atoms with van der Waals surface area (Å²) < 4.78 is 2.56. The zero-order chi connectivity index (χ0) is 17.3. The van der Waals surface area contributed by atoms with Gasteiger partial charge in [0.25, 0.3) is 5.91 Å². The molecule has 1 amide bonds. The summed E-state index contributed by atoms with van der Waals surface area (Å²) in [6, 6.07) is 5.71. The molecular formula is C16H17Cl2IN4O. The molecule has 1 saturated heterocycles. The third kappa shape index (κ3) is 4.04. The van der Waals surface area contributed by atoms with Gasteiger partial charge in [-0.1, -0.05) is 29.3 Å². The summed E-state index contributed by atoms with van der Waals surface area (Å²) in [7, 11) is 1.83. The second-order valence-electron chi connectivity index (χ2n) is 5.82. The van der Waals surface area contributed by atoms with Crippen LogP contribution in [0.5, 0.6) is 0 Å². The van der Waals surface area contributed by atoms with E-state index in [0.717, 1.165) is 28.8 Å². The van der Waals surface area contributed by atoms with Crippen molar-refractivity contribution < 1.29 is 4.79 Å². The molecule has 0 unspecified atom stereocenters. The molecular weight excluding hydrogens is 462 g/mol. The standard InChI is InChI=1S/C16H17Cl2IN4O/c1-21-10-14(19)15(20-21)16(24)23-6-4-22(5-7-23)9-11-2-3-12(17)13(18)8-11/h2-3,8,10H,4-7,9H2,1H3. The van der Waals surface area contributed by atoms with E-state index in [1.54, 1.807) is 4.68 Å². The maximum absolute atomic E-state index is 12.6. The molecule has 0 N–H and O–H groups in total. The Morgan fingerprint density at radius 3 is 2.50 bits per heavy atom. The molecule has 0 radical (unpaired) electrons. The first-order valence-corrected chi connectivity index (χ1v) is 9.42. The number of rotatable bonds is 3. The number of hydrogen-bond donors (Lipinski definition) is 0. The molecule has 0 spiro atoms. The van der Waals surface area contributed by atoms with Crippen LogP contribution in [0.2, 0.25) is 10.0 Å². The number of piperazine rings is 1. The summed E-state index contributed by atoms with van der Waals surface area (Å²) in [6.07, 6.45) is 1.86. The van der Waals surface area contributed by atoms with Crippen molar-refractivity contribution in [3.05, 3.63) is 49.3 Å². The normalized spacial score (nSPS) is 15.8. The molecule has 0 bridgehead atoms. The molecule has 1 aromatic heterocycles. The van der Waals surface area contributed by atoms with Crippen molar-refractivity contribution in [2.75, 3.05) is 26.2 Å². The van der Waals surface area contributed by atoms with Gasteiger partial charge in [-0.2, -0.15) is 5.10 Å². The van der Waals surface area contributed by atoms with Gasteiger partial charge in [-0.3, -0.25) is 14.4 Å². The van der Waals surface area contributed by atoms with E-state index in [2.05, 4.69) is 32.6 Å². The lowest BCUT2D eigenvalue weighted by molar-refractivity contribution is 0.0621. The van der Waals surface area contributed by atoms with E-state index >= 15 is 0 Å². The highest BCUT2D eigenvalue weighted by atomic mass is 127. The second-order valence-corrected chi connectivity index (χ2v) is 7.79. The average Bonchev–Trinajstić information content (AvgIpc) is 2.89. The zero-order valence-electron chi connectivity index (χ0n) is 13.2. The SMILES string of the molecule is Cn1cc(I)c(C(=O)N2CCN(Cc3ccc(Cl)c(Cl)c3)CC2)n1. The van der Waals surface area contributed by atoms with Crippen LogP contribution in [0.1, 0.15) is 16.1 Å². The topological polar surface area (TPSA) is 41.4 Å². The largest absolute Gasteiger partial charge is 0.335 e. The second kappa shape index (κ2) is 7.59. The highest BCUT2D eigenvalue weighted by Gasteiger charge is 2.25. The summed E-state index contributed by atoms with van der Waals surface area (Å²) in [5, 5.41) is 5.41. The van der Waals surface area contributed by atoms with Gasteiger partial charge >= 0.3 is 0 Å². The van der Waals surface area contributed by atoms with E-state index < -0.39 is 0 Å². The summed E-state index contributed by atoms with van der Waals surface area (Å²) in [6.45, 7) is 3.87. The van der Waals surface area contributed by atoms with E-state index in [0.29, 0.717) is 28.8 Å². The minimum atomic E-state index is 0.00851. The third-order valence-corrected chi connectivity index (χ3v) is 5.56. The Bertz CT molecular complexity index is 757. The Kier molecular flexibility index (Phi) is 5.69. The van der Waals surface area contributed by atoms with Crippen LogP contribution in [0, 0.1) is 3.57 Å². The van der Waals surface area contributed by atoms with Gasteiger partial charge < -0.3 is 4.90 Å². The summed E-state index contributed by atoms with van der Waals surface area (Å²) in [5.74, 6) is 0.00851. The predicted octanol–water partition coefficient (Wildman–Crippen LogP) is 3.29. The van der Waals surface area contributed by atoms with Gasteiger partial charge in [0, 0.05) is 46.0 Å². The molecule has 1 aliphatic heterocycles. The van der Waals surface area contributed by atoms with Crippen molar-refractivity contribution in [2.45, 2.75) is 6.54 Å². The molecule has 5 nitrogen and oxygen atoms in total. The number of amides is 1. The third-order valence-electron chi connectivity index (χ3n) is 4.04. The first-order valence-electron chi connectivity index (χ1n) is 7.59. The zero-order valence-corrected chi connectivity index (χ0v) is 16.8. The van der Waals surface area contributed by atoms with Crippen molar-refractivity contribution >= 4 is 51.7 Å². The molecule has 2 heterocycles. The Morgan fingerprint density at radius 1 is 1.21 bits per heavy atom. The fraction of sp³-hybridized carbons (Fsp3) is 0.375. The van der Waals surface area contributed by atoms with Crippen LogP contribution in [-0.2, 0) is 13.6 Å². The number of benzene rings is 1. The summed E-state index contributed by atoms with van der Waals surface area (Å²) in [5.41, 5.74) is 1.67. The van der Waals surface area contributed by atoms with Crippen molar-refractivity contribution in [2.24, 2.45) is 7.05 Å². The van der Waals surface area contributed by atoms with Crippen LogP contribution >= 0.6 is 45.8 Å². The van der Waals surface area contributed by atoms with Crippen LogP contribution in [0.4, 0.5) is 0 Å². The van der Waals surface area contributed by atoms with E-state index in [1.807, 2.05) is 36.3 Å². The molecule has 3 rings (SSSR count). The Morgan fingerprint density at radius 2 is 1.92 bits per heavy atom. The van der Waals surface area contributed by atoms with Crippen LogP contribution in [0.3, 0.4) is 0 Å². The van der Waals surface area contributed by atoms with Crippen LogP contribution in [0.15, 0.2) is 24.4 Å². The fourth-order valence-corrected chi connectivity index (χ4v) is 3.82. The highest BCUT2D eigenvalue weighted by molar-refractivity contribution is 14.1. The maximum Gasteiger partial charge on any atom is 0.275 e. The van der Waals surface area contributed by atoms with Gasteiger partial charge in [-0.25, -0.2) is 0 Å².